The van der Waals surface area contributed by atoms with E-state index in [-0.39, 0.29) is 0 Å². The second-order valence-electron chi connectivity index (χ2n) is 3.24. The molecule has 1 rings (SSSR count). The van der Waals surface area contributed by atoms with Crippen LogP contribution in [0.3, 0.4) is 0 Å². The summed E-state index contributed by atoms with van der Waals surface area (Å²) in [6.45, 7) is 1.96. The SMILES string of the molecule is Cc1c(Cl)cccc1NC(=S)N(C)C. The van der Waals surface area contributed by atoms with Crippen LogP contribution in [-0.2, 0) is 0 Å². The van der Waals surface area contributed by atoms with Gasteiger partial charge in [-0.05, 0) is 36.8 Å². The van der Waals surface area contributed by atoms with Crippen molar-refractivity contribution in [1.29, 1.82) is 0 Å². The topological polar surface area (TPSA) is 15.3 Å². The molecule has 0 bridgehead atoms. The number of halogens is 1. The molecule has 0 fully saturated rings. The van der Waals surface area contributed by atoms with Gasteiger partial charge in [0.2, 0.25) is 0 Å². The number of nitrogens with zero attached hydrogens (tertiary/aromatic N) is 1. The molecular formula is C10H13ClN2S. The highest BCUT2D eigenvalue weighted by molar-refractivity contribution is 7.80. The van der Waals surface area contributed by atoms with Gasteiger partial charge in [-0.2, -0.15) is 0 Å². The summed E-state index contributed by atoms with van der Waals surface area (Å²) < 4.78 is 0. The van der Waals surface area contributed by atoms with Crippen LogP contribution >= 0.6 is 23.8 Å². The van der Waals surface area contributed by atoms with Crippen molar-refractivity contribution in [3.8, 4) is 0 Å². The Morgan fingerprint density at radius 2 is 2.07 bits per heavy atom. The number of hydrogen-bond acceptors (Lipinski definition) is 1. The molecule has 0 aliphatic rings. The van der Waals surface area contributed by atoms with E-state index in [9.17, 15) is 0 Å². The number of benzene rings is 1. The van der Waals surface area contributed by atoms with Gasteiger partial charge in [0.15, 0.2) is 5.11 Å². The first-order valence-electron chi connectivity index (χ1n) is 4.26. The lowest BCUT2D eigenvalue weighted by atomic mass is 10.2. The molecule has 4 heteroatoms. The van der Waals surface area contributed by atoms with Crippen molar-refractivity contribution >= 4 is 34.6 Å². The highest BCUT2D eigenvalue weighted by Gasteiger charge is 2.04. The zero-order valence-corrected chi connectivity index (χ0v) is 10.0. The number of nitrogens with one attached hydrogen (secondary N) is 1. The third-order valence-electron chi connectivity index (χ3n) is 1.92. The highest BCUT2D eigenvalue weighted by atomic mass is 35.5. The van der Waals surface area contributed by atoms with Crippen LogP contribution in [0.4, 0.5) is 5.69 Å². The average Bonchev–Trinajstić information content (AvgIpc) is 2.12. The Morgan fingerprint density at radius 3 is 2.64 bits per heavy atom. The van der Waals surface area contributed by atoms with Crippen molar-refractivity contribution in [2.24, 2.45) is 0 Å². The van der Waals surface area contributed by atoms with Crippen LogP contribution in [-0.4, -0.2) is 24.1 Å². The quantitative estimate of drug-likeness (QED) is 0.745. The van der Waals surface area contributed by atoms with Gasteiger partial charge in [0.25, 0.3) is 0 Å². The molecule has 0 atom stereocenters. The maximum atomic E-state index is 5.98. The van der Waals surface area contributed by atoms with Crippen molar-refractivity contribution < 1.29 is 0 Å². The first-order chi connectivity index (χ1) is 6.52. The van der Waals surface area contributed by atoms with Crippen molar-refractivity contribution in [3.05, 3.63) is 28.8 Å². The molecular weight excluding hydrogens is 216 g/mol. The number of anilines is 1. The van der Waals surface area contributed by atoms with Crippen LogP contribution in [0.1, 0.15) is 5.56 Å². The number of hydrogen-bond donors (Lipinski definition) is 1. The van der Waals surface area contributed by atoms with Gasteiger partial charge in [0.05, 0.1) is 0 Å². The molecule has 0 aromatic heterocycles. The third kappa shape index (κ3) is 2.59. The molecule has 0 amide bonds. The van der Waals surface area contributed by atoms with Crippen LogP contribution in [0, 0.1) is 6.92 Å². The fourth-order valence-electron chi connectivity index (χ4n) is 0.970. The summed E-state index contributed by atoms with van der Waals surface area (Å²) in [5, 5.41) is 4.55. The first kappa shape index (κ1) is 11.3. The van der Waals surface area contributed by atoms with Gasteiger partial charge in [-0.3, -0.25) is 0 Å². The lowest BCUT2D eigenvalue weighted by Crippen LogP contribution is -2.27. The summed E-state index contributed by atoms with van der Waals surface area (Å²) in [7, 11) is 3.80. The minimum Gasteiger partial charge on any atom is -0.355 e. The van der Waals surface area contributed by atoms with Crippen LogP contribution < -0.4 is 5.32 Å². The van der Waals surface area contributed by atoms with Gasteiger partial charge in [-0.25, -0.2) is 0 Å². The Bertz CT molecular complexity index is 350. The van der Waals surface area contributed by atoms with Gasteiger partial charge in [0, 0.05) is 24.8 Å². The predicted molar refractivity (Wildman–Crippen MR) is 66.1 cm³/mol. The molecule has 0 radical (unpaired) electrons. The van der Waals surface area contributed by atoms with E-state index in [0.29, 0.717) is 5.11 Å². The Balaban J connectivity index is 2.87. The molecule has 1 N–H and O–H groups in total. The van der Waals surface area contributed by atoms with Crippen LogP contribution in [0.2, 0.25) is 5.02 Å². The molecule has 0 saturated carbocycles. The summed E-state index contributed by atoms with van der Waals surface area (Å²) >= 11 is 11.1. The summed E-state index contributed by atoms with van der Waals surface area (Å²) in [5.74, 6) is 0. The predicted octanol–water partition coefficient (Wildman–Crippen LogP) is 2.91. The third-order valence-corrected chi connectivity index (χ3v) is 2.79. The standard InChI is InChI=1S/C10H13ClN2S/c1-7-8(11)5-4-6-9(7)12-10(14)13(2)3/h4-6H,1-3H3,(H,12,14). The van der Waals surface area contributed by atoms with E-state index in [2.05, 4.69) is 5.32 Å². The molecule has 2 nitrogen and oxygen atoms in total. The van der Waals surface area contributed by atoms with Crippen molar-refractivity contribution in [1.82, 2.24) is 4.90 Å². The fourth-order valence-corrected chi connectivity index (χ4v) is 1.25. The van der Waals surface area contributed by atoms with Crippen molar-refractivity contribution in [3.63, 3.8) is 0 Å². The molecule has 1 aromatic rings. The second kappa shape index (κ2) is 4.62. The summed E-state index contributed by atoms with van der Waals surface area (Å²) in [6.07, 6.45) is 0. The molecule has 0 aliphatic heterocycles. The van der Waals surface area contributed by atoms with Crippen LogP contribution in [0.25, 0.3) is 0 Å². The van der Waals surface area contributed by atoms with E-state index in [1.165, 1.54) is 0 Å². The fraction of sp³-hybridized carbons (Fsp3) is 0.300. The molecule has 0 aliphatic carbocycles. The molecule has 0 spiro atoms. The summed E-state index contributed by atoms with van der Waals surface area (Å²) in [4.78, 5) is 1.84. The van der Waals surface area contributed by atoms with Crippen LogP contribution in [0.15, 0.2) is 18.2 Å². The van der Waals surface area contributed by atoms with E-state index >= 15 is 0 Å². The van der Waals surface area contributed by atoms with Gasteiger partial charge < -0.3 is 10.2 Å². The highest BCUT2D eigenvalue weighted by Crippen LogP contribution is 2.22. The van der Waals surface area contributed by atoms with E-state index < -0.39 is 0 Å². The monoisotopic (exact) mass is 228 g/mol. The first-order valence-corrected chi connectivity index (χ1v) is 5.04. The Labute approximate surface area is 94.9 Å². The van der Waals surface area contributed by atoms with E-state index in [0.717, 1.165) is 16.3 Å². The van der Waals surface area contributed by atoms with Gasteiger partial charge in [-0.15, -0.1) is 0 Å². The molecule has 1 aromatic carbocycles. The Hall–Kier alpha value is -0.800. The van der Waals surface area contributed by atoms with Crippen LogP contribution in [0.5, 0.6) is 0 Å². The minimum atomic E-state index is 0.676. The molecule has 0 saturated heterocycles. The number of thiocarbonyl (C=S) groups is 1. The van der Waals surface area contributed by atoms with E-state index in [4.69, 9.17) is 23.8 Å². The molecule has 76 valence electrons. The average molecular weight is 229 g/mol. The zero-order valence-electron chi connectivity index (χ0n) is 8.47. The maximum Gasteiger partial charge on any atom is 0.172 e. The lowest BCUT2D eigenvalue weighted by molar-refractivity contribution is 0.634. The van der Waals surface area contributed by atoms with E-state index in [1.807, 2.05) is 44.1 Å². The summed E-state index contributed by atoms with van der Waals surface area (Å²) in [5.41, 5.74) is 1.97. The molecule has 0 unspecified atom stereocenters. The zero-order chi connectivity index (χ0) is 10.7. The largest absolute Gasteiger partial charge is 0.355 e. The second-order valence-corrected chi connectivity index (χ2v) is 4.03. The Morgan fingerprint density at radius 1 is 1.43 bits per heavy atom. The molecule has 14 heavy (non-hydrogen) atoms. The smallest absolute Gasteiger partial charge is 0.172 e. The Kier molecular flexibility index (Phi) is 3.72. The minimum absolute atomic E-state index is 0.676. The van der Waals surface area contributed by atoms with E-state index in [1.54, 1.807) is 0 Å². The van der Waals surface area contributed by atoms with Gasteiger partial charge in [0.1, 0.15) is 0 Å². The molecule has 0 heterocycles. The van der Waals surface area contributed by atoms with Gasteiger partial charge in [-0.1, -0.05) is 17.7 Å². The lowest BCUT2D eigenvalue weighted by Gasteiger charge is -2.17. The maximum absolute atomic E-state index is 5.98. The van der Waals surface area contributed by atoms with Crippen molar-refractivity contribution in [2.45, 2.75) is 6.92 Å². The normalized spacial score (nSPS) is 9.71. The van der Waals surface area contributed by atoms with Crippen molar-refractivity contribution in [2.75, 3.05) is 19.4 Å². The number of rotatable bonds is 1. The van der Waals surface area contributed by atoms with Gasteiger partial charge >= 0.3 is 0 Å². The summed E-state index contributed by atoms with van der Waals surface area (Å²) in [6, 6.07) is 5.72.